The predicted molar refractivity (Wildman–Crippen MR) is 72.0 cm³/mol. The van der Waals surface area contributed by atoms with Crippen LogP contribution in [0.15, 0.2) is 36.4 Å². The Bertz CT molecular complexity index is 688. The molecular formula is C13H11N3S. The smallest absolute Gasteiger partial charge is 0.182 e. The van der Waals surface area contributed by atoms with Crippen LogP contribution in [0.4, 0.5) is 5.13 Å². The molecule has 17 heavy (non-hydrogen) atoms. The van der Waals surface area contributed by atoms with Crippen molar-refractivity contribution >= 4 is 26.8 Å². The van der Waals surface area contributed by atoms with E-state index in [-0.39, 0.29) is 0 Å². The van der Waals surface area contributed by atoms with Crippen molar-refractivity contribution in [2.45, 2.75) is 6.92 Å². The van der Waals surface area contributed by atoms with Crippen molar-refractivity contribution < 1.29 is 0 Å². The Morgan fingerprint density at radius 3 is 2.82 bits per heavy atom. The molecule has 0 fully saturated rings. The van der Waals surface area contributed by atoms with Gasteiger partial charge in [-0.3, -0.25) is 0 Å². The van der Waals surface area contributed by atoms with Crippen molar-refractivity contribution in [3.8, 4) is 11.3 Å². The Balaban J connectivity index is 2.17. The first-order valence-corrected chi connectivity index (χ1v) is 6.14. The van der Waals surface area contributed by atoms with Crippen molar-refractivity contribution in [2.75, 3.05) is 5.73 Å². The SMILES string of the molecule is Cc1cccc(-c2ccc3nc(N)sc3n2)c1. The number of anilines is 1. The molecule has 3 nitrogen and oxygen atoms in total. The average molecular weight is 241 g/mol. The molecule has 0 aliphatic rings. The first-order valence-electron chi connectivity index (χ1n) is 5.32. The van der Waals surface area contributed by atoms with Crippen LogP contribution in [0, 0.1) is 6.92 Å². The van der Waals surface area contributed by atoms with Gasteiger partial charge in [-0.25, -0.2) is 9.97 Å². The third kappa shape index (κ3) is 1.87. The number of fused-ring (bicyclic) bond motifs is 1. The Labute approximate surface area is 103 Å². The fourth-order valence-corrected chi connectivity index (χ4v) is 2.50. The number of nitrogens with two attached hydrogens (primary N) is 1. The van der Waals surface area contributed by atoms with E-state index in [9.17, 15) is 0 Å². The van der Waals surface area contributed by atoms with Gasteiger partial charge in [0.05, 0.1) is 5.69 Å². The average Bonchev–Trinajstić information content (AvgIpc) is 2.68. The third-order valence-electron chi connectivity index (χ3n) is 2.59. The first-order chi connectivity index (χ1) is 8.22. The molecule has 4 heteroatoms. The lowest BCUT2D eigenvalue weighted by molar-refractivity contribution is 1.38. The number of thiazole rings is 1. The van der Waals surface area contributed by atoms with Crippen LogP contribution in [-0.4, -0.2) is 9.97 Å². The fourth-order valence-electron chi connectivity index (χ4n) is 1.80. The van der Waals surface area contributed by atoms with Gasteiger partial charge < -0.3 is 5.73 Å². The van der Waals surface area contributed by atoms with E-state index >= 15 is 0 Å². The zero-order valence-electron chi connectivity index (χ0n) is 9.34. The molecule has 0 amide bonds. The monoisotopic (exact) mass is 241 g/mol. The fraction of sp³-hybridized carbons (Fsp3) is 0.0769. The largest absolute Gasteiger partial charge is 0.375 e. The highest BCUT2D eigenvalue weighted by atomic mass is 32.1. The maximum absolute atomic E-state index is 5.67. The van der Waals surface area contributed by atoms with E-state index in [1.807, 2.05) is 18.2 Å². The van der Waals surface area contributed by atoms with Gasteiger partial charge in [0.15, 0.2) is 5.13 Å². The molecule has 0 spiro atoms. The predicted octanol–water partition coefficient (Wildman–Crippen LogP) is 3.25. The second-order valence-electron chi connectivity index (χ2n) is 3.94. The molecule has 0 unspecified atom stereocenters. The highest BCUT2D eigenvalue weighted by molar-refractivity contribution is 7.21. The zero-order valence-corrected chi connectivity index (χ0v) is 10.2. The maximum Gasteiger partial charge on any atom is 0.182 e. The molecule has 0 radical (unpaired) electrons. The van der Waals surface area contributed by atoms with Crippen LogP contribution in [0.2, 0.25) is 0 Å². The highest BCUT2D eigenvalue weighted by Gasteiger charge is 2.05. The van der Waals surface area contributed by atoms with Crippen LogP contribution in [0.25, 0.3) is 21.6 Å². The van der Waals surface area contributed by atoms with Gasteiger partial charge in [0, 0.05) is 5.56 Å². The highest BCUT2D eigenvalue weighted by Crippen LogP contribution is 2.26. The number of aryl methyl sites for hydroxylation is 1. The van der Waals surface area contributed by atoms with Crippen LogP contribution >= 0.6 is 11.3 Å². The van der Waals surface area contributed by atoms with Crippen LogP contribution in [-0.2, 0) is 0 Å². The second kappa shape index (κ2) is 3.82. The van der Waals surface area contributed by atoms with Crippen LogP contribution in [0.3, 0.4) is 0 Å². The summed E-state index contributed by atoms with van der Waals surface area (Å²) >= 11 is 1.42. The number of hydrogen-bond donors (Lipinski definition) is 1. The number of rotatable bonds is 1. The second-order valence-corrected chi connectivity index (χ2v) is 4.95. The lowest BCUT2D eigenvalue weighted by atomic mass is 10.1. The zero-order chi connectivity index (χ0) is 11.8. The van der Waals surface area contributed by atoms with Crippen molar-refractivity contribution in [1.29, 1.82) is 0 Å². The van der Waals surface area contributed by atoms with Gasteiger partial charge in [-0.15, -0.1) is 0 Å². The summed E-state index contributed by atoms with van der Waals surface area (Å²) in [7, 11) is 0. The Kier molecular flexibility index (Phi) is 2.30. The Morgan fingerprint density at radius 2 is 2.00 bits per heavy atom. The summed E-state index contributed by atoms with van der Waals surface area (Å²) < 4.78 is 0. The minimum Gasteiger partial charge on any atom is -0.375 e. The van der Waals surface area contributed by atoms with Crippen LogP contribution < -0.4 is 5.73 Å². The van der Waals surface area contributed by atoms with Crippen molar-refractivity contribution in [3.63, 3.8) is 0 Å². The summed E-state index contributed by atoms with van der Waals surface area (Å²) in [6.45, 7) is 2.08. The summed E-state index contributed by atoms with van der Waals surface area (Å²) in [6.07, 6.45) is 0. The third-order valence-corrected chi connectivity index (χ3v) is 3.38. The summed E-state index contributed by atoms with van der Waals surface area (Å²) in [5.41, 5.74) is 9.85. The van der Waals surface area contributed by atoms with Crippen LogP contribution in [0.1, 0.15) is 5.56 Å². The minimum atomic E-state index is 0.564. The molecule has 2 N–H and O–H groups in total. The minimum absolute atomic E-state index is 0.564. The van der Waals surface area contributed by atoms with E-state index in [0.29, 0.717) is 5.13 Å². The van der Waals surface area contributed by atoms with Gasteiger partial charge in [0.25, 0.3) is 0 Å². The Morgan fingerprint density at radius 1 is 1.12 bits per heavy atom. The molecule has 0 bridgehead atoms. The summed E-state index contributed by atoms with van der Waals surface area (Å²) in [4.78, 5) is 9.67. The summed E-state index contributed by atoms with van der Waals surface area (Å²) in [5, 5.41) is 0.564. The van der Waals surface area contributed by atoms with E-state index in [0.717, 1.165) is 21.6 Å². The number of aromatic nitrogens is 2. The number of hydrogen-bond acceptors (Lipinski definition) is 4. The van der Waals surface area contributed by atoms with Gasteiger partial charge >= 0.3 is 0 Å². The quantitative estimate of drug-likeness (QED) is 0.711. The topological polar surface area (TPSA) is 51.8 Å². The molecule has 2 heterocycles. The molecule has 0 atom stereocenters. The number of nitrogens with zero attached hydrogens (tertiary/aromatic N) is 2. The molecule has 0 aliphatic heterocycles. The van der Waals surface area contributed by atoms with E-state index in [2.05, 4.69) is 35.1 Å². The molecule has 1 aromatic carbocycles. The Hall–Kier alpha value is -1.94. The van der Waals surface area contributed by atoms with E-state index < -0.39 is 0 Å². The summed E-state index contributed by atoms with van der Waals surface area (Å²) in [6, 6.07) is 12.2. The molecule has 2 aromatic heterocycles. The molecule has 3 aromatic rings. The van der Waals surface area contributed by atoms with E-state index in [1.54, 1.807) is 0 Å². The van der Waals surface area contributed by atoms with Gasteiger partial charge in [-0.2, -0.15) is 0 Å². The molecule has 0 aliphatic carbocycles. The number of nitrogen functional groups attached to an aromatic ring is 1. The van der Waals surface area contributed by atoms with Gasteiger partial charge in [0.2, 0.25) is 0 Å². The standard InChI is InChI=1S/C13H11N3S/c1-8-3-2-4-9(7-8)10-5-6-11-12(15-10)17-13(14)16-11/h2-7H,1H3,(H2,14,16). The van der Waals surface area contributed by atoms with Crippen molar-refractivity contribution in [3.05, 3.63) is 42.0 Å². The van der Waals surface area contributed by atoms with E-state index in [4.69, 9.17) is 5.73 Å². The first kappa shape index (κ1) is 10.2. The lowest BCUT2D eigenvalue weighted by Gasteiger charge is -2.01. The lowest BCUT2D eigenvalue weighted by Crippen LogP contribution is -1.84. The van der Waals surface area contributed by atoms with Crippen LogP contribution in [0.5, 0.6) is 0 Å². The van der Waals surface area contributed by atoms with Gasteiger partial charge in [-0.05, 0) is 25.1 Å². The normalized spacial score (nSPS) is 10.9. The number of pyridine rings is 1. The maximum atomic E-state index is 5.67. The van der Waals surface area contributed by atoms with E-state index in [1.165, 1.54) is 16.9 Å². The summed E-state index contributed by atoms with van der Waals surface area (Å²) in [5.74, 6) is 0. The van der Waals surface area contributed by atoms with Gasteiger partial charge in [0.1, 0.15) is 10.3 Å². The molecule has 3 rings (SSSR count). The van der Waals surface area contributed by atoms with Crippen molar-refractivity contribution in [1.82, 2.24) is 9.97 Å². The van der Waals surface area contributed by atoms with Crippen molar-refractivity contribution in [2.24, 2.45) is 0 Å². The molecular weight excluding hydrogens is 230 g/mol. The molecule has 0 saturated carbocycles. The molecule has 0 saturated heterocycles. The van der Waals surface area contributed by atoms with Gasteiger partial charge in [-0.1, -0.05) is 35.1 Å². The molecule has 84 valence electrons. The number of benzene rings is 1.